The van der Waals surface area contributed by atoms with Crippen molar-refractivity contribution in [2.45, 2.75) is 33.2 Å². The molecular formula is C11H19N5O2S. The van der Waals surface area contributed by atoms with Gasteiger partial charge in [-0.05, 0) is 6.42 Å². The van der Waals surface area contributed by atoms with Crippen LogP contribution in [0.3, 0.4) is 0 Å². The summed E-state index contributed by atoms with van der Waals surface area (Å²) < 4.78 is 24.7. The van der Waals surface area contributed by atoms with Gasteiger partial charge in [0, 0.05) is 5.75 Å². The molecular weight excluding hydrogens is 266 g/mol. The summed E-state index contributed by atoms with van der Waals surface area (Å²) in [6.07, 6.45) is 1.75. The summed E-state index contributed by atoms with van der Waals surface area (Å²) in [5.41, 5.74) is 7.34. The van der Waals surface area contributed by atoms with Crippen molar-refractivity contribution in [1.82, 2.24) is 20.0 Å². The minimum atomic E-state index is -3.01. The predicted molar refractivity (Wildman–Crippen MR) is 74.6 cm³/mol. The molecule has 0 bridgehead atoms. The Hall–Kier alpha value is -1.57. The second-order valence-corrected chi connectivity index (χ2v) is 6.96. The molecule has 2 heterocycles. The van der Waals surface area contributed by atoms with Crippen LogP contribution in [-0.2, 0) is 22.8 Å². The first-order valence-electron chi connectivity index (χ1n) is 6.38. The molecule has 0 fully saturated rings. The Morgan fingerprint density at radius 3 is 2.74 bits per heavy atom. The van der Waals surface area contributed by atoms with Crippen molar-refractivity contribution in [2.75, 3.05) is 17.2 Å². The number of nitrogen functional groups attached to an aromatic ring is 1. The first-order valence-corrected chi connectivity index (χ1v) is 8.20. The van der Waals surface area contributed by atoms with Gasteiger partial charge in [-0.25, -0.2) is 13.1 Å². The summed E-state index contributed by atoms with van der Waals surface area (Å²) in [4.78, 5) is 0. The number of fused-ring (bicyclic) bond motifs is 1. The van der Waals surface area contributed by atoms with Crippen molar-refractivity contribution in [3.05, 3.63) is 5.69 Å². The quantitative estimate of drug-likeness (QED) is 0.813. The number of hydrogen-bond acceptors (Lipinski definition) is 5. The van der Waals surface area contributed by atoms with Gasteiger partial charge in [0.15, 0.2) is 15.5 Å². The van der Waals surface area contributed by atoms with E-state index in [1.54, 1.807) is 11.6 Å². The van der Waals surface area contributed by atoms with Crippen LogP contribution in [0.2, 0.25) is 0 Å². The van der Waals surface area contributed by atoms with Gasteiger partial charge in [0.05, 0.1) is 23.4 Å². The third kappa shape index (κ3) is 2.73. The molecule has 2 aromatic rings. The van der Waals surface area contributed by atoms with Crippen molar-refractivity contribution in [3.8, 4) is 0 Å². The van der Waals surface area contributed by atoms with E-state index in [1.807, 2.05) is 0 Å². The maximum atomic E-state index is 11.6. The summed E-state index contributed by atoms with van der Waals surface area (Å²) in [5.74, 6) is 0.698. The second kappa shape index (κ2) is 5.20. The minimum Gasteiger partial charge on any atom is -0.383 e. The Bertz CT molecular complexity index is 671. The van der Waals surface area contributed by atoms with Crippen LogP contribution >= 0.6 is 0 Å². The van der Waals surface area contributed by atoms with E-state index in [1.165, 1.54) is 0 Å². The normalized spacial score (nSPS) is 12.3. The molecule has 0 spiro atoms. The van der Waals surface area contributed by atoms with Gasteiger partial charge in [0.2, 0.25) is 0 Å². The number of aryl methyl sites for hydroxylation is 2. The Morgan fingerprint density at radius 2 is 2.11 bits per heavy atom. The van der Waals surface area contributed by atoms with Crippen LogP contribution < -0.4 is 5.73 Å². The highest BCUT2D eigenvalue weighted by atomic mass is 32.2. The Morgan fingerprint density at radius 1 is 1.37 bits per heavy atom. The maximum absolute atomic E-state index is 11.6. The largest absolute Gasteiger partial charge is 0.383 e. The number of aromatic amines is 1. The topological polar surface area (TPSA) is 107 Å². The van der Waals surface area contributed by atoms with E-state index in [9.17, 15) is 8.42 Å². The SMILES string of the molecule is CCCc1nn(CCS(=O)(=O)CC)c2n[nH]c(N)c12. The van der Waals surface area contributed by atoms with Crippen LogP contribution in [0.25, 0.3) is 11.0 Å². The van der Waals surface area contributed by atoms with Crippen LogP contribution in [0.4, 0.5) is 5.82 Å². The smallest absolute Gasteiger partial charge is 0.182 e. The molecule has 0 saturated carbocycles. The van der Waals surface area contributed by atoms with Crippen molar-refractivity contribution in [1.29, 1.82) is 0 Å². The fourth-order valence-corrected chi connectivity index (χ4v) is 2.74. The summed E-state index contributed by atoms with van der Waals surface area (Å²) in [6.45, 7) is 4.01. The van der Waals surface area contributed by atoms with Crippen LogP contribution in [0, 0.1) is 0 Å². The molecule has 0 aliphatic carbocycles. The van der Waals surface area contributed by atoms with Crippen LogP contribution in [0.5, 0.6) is 0 Å². The standard InChI is InChI=1S/C11H19N5O2S/c1-3-5-8-9-10(12)13-14-11(9)16(15-8)6-7-19(17,18)4-2/h3-7H2,1-2H3,(H3,12,13,14). The van der Waals surface area contributed by atoms with Gasteiger partial charge in [0.1, 0.15) is 5.82 Å². The summed E-state index contributed by atoms with van der Waals surface area (Å²) in [6, 6.07) is 0. The molecule has 106 valence electrons. The van der Waals surface area contributed by atoms with E-state index in [0.29, 0.717) is 18.0 Å². The lowest BCUT2D eigenvalue weighted by Crippen LogP contribution is -2.15. The molecule has 0 amide bonds. The van der Waals surface area contributed by atoms with Gasteiger partial charge >= 0.3 is 0 Å². The highest BCUT2D eigenvalue weighted by Crippen LogP contribution is 2.23. The summed E-state index contributed by atoms with van der Waals surface area (Å²) >= 11 is 0. The monoisotopic (exact) mass is 285 g/mol. The average molecular weight is 285 g/mol. The molecule has 0 aliphatic rings. The predicted octanol–water partition coefficient (Wildman–Crippen LogP) is 0.729. The molecule has 0 saturated heterocycles. The molecule has 0 unspecified atom stereocenters. The number of anilines is 1. The van der Waals surface area contributed by atoms with E-state index < -0.39 is 9.84 Å². The molecule has 19 heavy (non-hydrogen) atoms. The van der Waals surface area contributed by atoms with E-state index in [0.717, 1.165) is 23.9 Å². The lowest BCUT2D eigenvalue weighted by Gasteiger charge is -2.02. The van der Waals surface area contributed by atoms with Crippen molar-refractivity contribution >= 4 is 26.7 Å². The third-order valence-corrected chi connectivity index (χ3v) is 4.77. The number of nitrogens with two attached hydrogens (primary N) is 1. The van der Waals surface area contributed by atoms with E-state index in [-0.39, 0.29) is 11.5 Å². The first kappa shape index (κ1) is 13.9. The van der Waals surface area contributed by atoms with Gasteiger partial charge in [-0.2, -0.15) is 10.2 Å². The highest BCUT2D eigenvalue weighted by Gasteiger charge is 2.17. The van der Waals surface area contributed by atoms with Gasteiger partial charge in [-0.3, -0.25) is 5.10 Å². The molecule has 2 rings (SSSR count). The van der Waals surface area contributed by atoms with Crippen molar-refractivity contribution in [2.24, 2.45) is 0 Å². The zero-order valence-electron chi connectivity index (χ0n) is 11.2. The number of rotatable bonds is 6. The lowest BCUT2D eigenvalue weighted by atomic mass is 10.2. The lowest BCUT2D eigenvalue weighted by molar-refractivity contribution is 0.582. The van der Waals surface area contributed by atoms with E-state index in [4.69, 9.17) is 5.73 Å². The van der Waals surface area contributed by atoms with E-state index >= 15 is 0 Å². The minimum absolute atomic E-state index is 0.0681. The summed E-state index contributed by atoms with van der Waals surface area (Å²) in [5, 5.41) is 12.1. The molecule has 3 N–H and O–H groups in total. The number of nitrogens with zero attached hydrogens (tertiary/aromatic N) is 3. The van der Waals surface area contributed by atoms with E-state index in [2.05, 4.69) is 22.2 Å². The fourth-order valence-electron chi connectivity index (χ4n) is 2.00. The number of sulfone groups is 1. The van der Waals surface area contributed by atoms with Gasteiger partial charge < -0.3 is 5.73 Å². The molecule has 8 heteroatoms. The van der Waals surface area contributed by atoms with Crippen LogP contribution in [0.1, 0.15) is 26.0 Å². The van der Waals surface area contributed by atoms with Gasteiger partial charge in [-0.1, -0.05) is 20.3 Å². The number of nitrogens with one attached hydrogen (secondary N) is 1. The molecule has 2 aromatic heterocycles. The molecule has 0 atom stereocenters. The average Bonchev–Trinajstić information content (AvgIpc) is 2.90. The van der Waals surface area contributed by atoms with Crippen LogP contribution in [0.15, 0.2) is 0 Å². The summed E-state index contributed by atoms with van der Waals surface area (Å²) in [7, 11) is -3.01. The number of hydrogen-bond donors (Lipinski definition) is 2. The Kier molecular flexibility index (Phi) is 3.79. The van der Waals surface area contributed by atoms with Crippen molar-refractivity contribution < 1.29 is 8.42 Å². The number of H-pyrrole nitrogens is 1. The first-order chi connectivity index (χ1) is 8.98. The van der Waals surface area contributed by atoms with Gasteiger partial charge in [-0.15, -0.1) is 0 Å². The zero-order chi connectivity index (χ0) is 14.0. The molecule has 0 radical (unpaired) electrons. The Labute approximate surface area is 112 Å². The Balaban J connectivity index is 2.33. The second-order valence-electron chi connectivity index (χ2n) is 4.49. The van der Waals surface area contributed by atoms with Crippen LogP contribution in [-0.4, -0.2) is 39.9 Å². The number of aromatic nitrogens is 4. The molecule has 7 nitrogen and oxygen atoms in total. The van der Waals surface area contributed by atoms with Crippen molar-refractivity contribution in [3.63, 3.8) is 0 Å². The molecule has 0 aromatic carbocycles. The maximum Gasteiger partial charge on any atom is 0.182 e. The highest BCUT2D eigenvalue weighted by molar-refractivity contribution is 7.91. The molecule has 0 aliphatic heterocycles. The fraction of sp³-hybridized carbons (Fsp3) is 0.636. The zero-order valence-corrected chi connectivity index (χ0v) is 12.0. The van der Waals surface area contributed by atoms with Gasteiger partial charge in [0.25, 0.3) is 0 Å². The third-order valence-electron chi connectivity index (χ3n) is 3.09.